The van der Waals surface area contributed by atoms with Gasteiger partial charge in [0, 0.05) is 19.3 Å². The van der Waals surface area contributed by atoms with Crippen molar-refractivity contribution in [2.45, 2.75) is 303 Å². The summed E-state index contributed by atoms with van der Waals surface area (Å²) in [6.07, 6.45) is 74.6. The summed E-state index contributed by atoms with van der Waals surface area (Å²) in [6, 6.07) is 0. The maximum absolute atomic E-state index is 12.9. The second-order valence-corrected chi connectivity index (χ2v) is 19.9. The van der Waals surface area contributed by atoms with Crippen LogP contribution in [0.3, 0.4) is 0 Å². The highest BCUT2D eigenvalue weighted by molar-refractivity contribution is 5.71. The van der Waals surface area contributed by atoms with E-state index in [4.69, 9.17) is 14.2 Å². The molecule has 0 radical (unpaired) electrons. The second-order valence-electron chi connectivity index (χ2n) is 19.9. The number of carbonyl (C=O) groups excluding carboxylic acids is 3. The standard InChI is InChI=1S/C64H112O6/c1-4-7-10-13-16-19-22-25-28-30-32-34-36-39-42-45-48-51-54-57-63(66)69-60-61(59-68-62(65)56-53-50-47-44-41-38-27-24-21-18-15-12-9-6-3)70-64(67)58-55-52-49-46-43-40-37-35-33-31-29-26-23-20-17-14-11-8-5-2/h7,10,16,19,25,28,31-34,38,41,61H,4-6,8-9,11-15,17-18,20-24,26-27,29-30,35-37,39-40,42-60H2,1-3H3/b10-7-,19-16-,28-25-,33-31-,34-32-,41-38-. The van der Waals surface area contributed by atoms with Gasteiger partial charge in [-0.25, -0.2) is 0 Å². The average Bonchev–Trinajstić information content (AvgIpc) is 3.36. The number of allylic oxidation sites excluding steroid dienone is 12. The zero-order valence-corrected chi connectivity index (χ0v) is 46.3. The molecule has 0 aliphatic carbocycles. The van der Waals surface area contributed by atoms with Crippen molar-refractivity contribution < 1.29 is 28.6 Å². The van der Waals surface area contributed by atoms with Gasteiger partial charge in [0.15, 0.2) is 6.10 Å². The van der Waals surface area contributed by atoms with Crippen molar-refractivity contribution in [1.29, 1.82) is 0 Å². The molecule has 0 aromatic carbocycles. The quantitative estimate of drug-likeness (QED) is 0.0261. The summed E-state index contributed by atoms with van der Waals surface area (Å²) in [5.74, 6) is -0.911. The zero-order chi connectivity index (χ0) is 50.7. The number of rotatable bonds is 54. The number of esters is 3. The summed E-state index contributed by atoms with van der Waals surface area (Å²) in [6.45, 7) is 6.52. The van der Waals surface area contributed by atoms with E-state index in [0.717, 1.165) is 103 Å². The van der Waals surface area contributed by atoms with Crippen LogP contribution in [-0.4, -0.2) is 37.2 Å². The van der Waals surface area contributed by atoms with E-state index in [1.807, 2.05) is 0 Å². The molecule has 404 valence electrons. The van der Waals surface area contributed by atoms with E-state index in [2.05, 4.69) is 93.7 Å². The molecule has 0 spiro atoms. The van der Waals surface area contributed by atoms with Gasteiger partial charge >= 0.3 is 17.9 Å². The number of carbonyl (C=O) groups is 3. The predicted molar refractivity (Wildman–Crippen MR) is 302 cm³/mol. The van der Waals surface area contributed by atoms with Crippen molar-refractivity contribution in [1.82, 2.24) is 0 Å². The fourth-order valence-corrected chi connectivity index (χ4v) is 8.42. The van der Waals surface area contributed by atoms with Crippen LogP contribution in [0.2, 0.25) is 0 Å². The van der Waals surface area contributed by atoms with Crippen LogP contribution in [0.4, 0.5) is 0 Å². The van der Waals surface area contributed by atoms with E-state index in [0.29, 0.717) is 19.3 Å². The monoisotopic (exact) mass is 977 g/mol. The Morgan fingerprint density at radius 3 is 0.900 bits per heavy atom. The van der Waals surface area contributed by atoms with E-state index in [1.54, 1.807) is 0 Å². The van der Waals surface area contributed by atoms with Crippen LogP contribution in [0.15, 0.2) is 72.9 Å². The van der Waals surface area contributed by atoms with E-state index in [-0.39, 0.29) is 31.1 Å². The van der Waals surface area contributed by atoms with Crippen molar-refractivity contribution in [2.24, 2.45) is 0 Å². The highest BCUT2D eigenvalue weighted by Crippen LogP contribution is 2.15. The zero-order valence-electron chi connectivity index (χ0n) is 46.3. The van der Waals surface area contributed by atoms with Crippen molar-refractivity contribution in [3.05, 3.63) is 72.9 Å². The van der Waals surface area contributed by atoms with Crippen molar-refractivity contribution in [3.63, 3.8) is 0 Å². The SMILES string of the molecule is CC/C=C\C/C=C\C/C=C\C/C=C\CCCCCCCCC(=O)OCC(COC(=O)CCCCC/C=C\CCCCCCCCC)OC(=O)CCCCCCCCC/C=C\CCCCCCCCCC. The van der Waals surface area contributed by atoms with Gasteiger partial charge in [-0.15, -0.1) is 0 Å². The molecule has 1 atom stereocenters. The first-order chi connectivity index (χ1) is 34.5. The molecule has 0 amide bonds. The van der Waals surface area contributed by atoms with Crippen molar-refractivity contribution in [3.8, 4) is 0 Å². The van der Waals surface area contributed by atoms with Crippen LogP contribution in [0.1, 0.15) is 297 Å². The second kappa shape index (κ2) is 58.4. The van der Waals surface area contributed by atoms with Crippen LogP contribution < -0.4 is 0 Å². The largest absolute Gasteiger partial charge is 0.462 e. The lowest BCUT2D eigenvalue weighted by Crippen LogP contribution is -2.30. The Bertz CT molecular complexity index is 1310. The van der Waals surface area contributed by atoms with Crippen LogP contribution in [0.5, 0.6) is 0 Å². The summed E-state index contributed by atoms with van der Waals surface area (Å²) >= 11 is 0. The third-order valence-electron chi connectivity index (χ3n) is 12.9. The number of unbranched alkanes of at least 4 members (excludes halogenated alkanes) is 31. The normalized spacial score (nSPS) is 12.6. The maximum atomic E-state index is 12.9. The summed E-state index contributed by atoms with van der Waals surface area (Å²) in [5, 5.41) is 0. The molecule has 0 aliphatic heterocycles. The van der Waals surface area contributed by atoms with E-state index >= 15 is 0 Å². The first kappa shape index (κ1) is 66.9. The molecule has 0 saturated heterocycles. The highest BCUT2D eigenvalue weighted by atomic mass is 16.6. The van der Waals surface area contributed by atoms with Crippen LogP contribution >= 0.6 is 0 Å². The number of ether oxygens (including phenoxy) is 3. The summed E-state index contributed by atoms with van der Waals surface area (Å²) in [5.41, 5.74) is 0. The third-order valence-corrected chi connectivity index (χ3v) is 12.9. The Hall–Kier alpha value is -3.15. The van der Waals surface area contributed by atoms with E-state index in [1.165, 1.54) is 154 Å². The third kappa shape index (κ3) is 55.8. The van der Waals surface area contributed by atoms with Gasteiger partial charge in [-0.1, -0.05) is 241 Å². The summed E-state index contributed by atoms with van der Waals surface area (Å²) < 4.78 is 16.9. The molecule has 6 heteroatoms. The van der Waals surface area contributed by atoms with E-state index in [9.17, 15) is 14.4 Å². The first-order valence-electron chi connectivity index (χ1n) is 29.9. The molecule has 0 fully saturated rings. The van der Waals surface area contributed by atoms with E-state index < -0.39 is 6.10 Å². The average molecular weight is 978 g/mol. The molecule has 0 saturated carbocycles. The minimum absolute atomic E-state index is 0.0886. The van der Waals surface area contributed by atoms with Gasteiger partial charge in [-0.2, -0.15) is 0 Å². The van der Waals surface area contributed by atoms with Crippen LogP contribution in [0.25, 0.3) is 0 Å². The smallest absolute Gasteiger partial charge is 0.306 e. The first-order valence-corrected chi connectivity index (χ1v) is 29.9. The lowest BCUT2D eigenvalue weighted by molar-refractivity contribution is -0.167. The molecule has 0 rings (SSSR count). The van der Waals surface area contributed by atoms with Gasteiger partial charge in [-0.3, -0.25) is 14.4 Å². The molecule has 0 aromatic rings. The minimum atomic E-state index is -0.790. The molecular weight excluding hydrogens is 865 g/mol. The Kier molecular flexibility index (Phi) is 55.8. The summed E-state index contributed by atoms with van der Waals surface area (Å²) in [7, 11) is 0. The highest BCUT2D eigenvalue weighted by Gasteiger charge is 2.19. The van der Waals surface area contributed by atoms with Gasteiger partial charge in [0.2, 0.25) is 0 Å². The summed E-state index contributed by atoms with van der Waals surface area (Å²) in [4.78, 5) is 38.2. The Labute approximate surface area is 433 Å². The molecule has 0 aliphatic rings. The van der Waals surface area contributed by atoms with Gasteiger partial charge in [0.05, 0.1) is 0 Å². The lowest BCUT2D eigenvalue weighted by atomic mass is 10.1. The Morgan fingerprint density at radius 1 is 0.300 bits per heavy atom. The fraction of sp³-hybridized carbons (Fsp3) is 0.766. The molecule has 0 heterocycles. The molecule has 0 bridgehead atoms. The molecule has 1 unspecified atom stereocenters. The van der Waals surface area contributed by atoms with Crippen molar-refractivity contribution in [2.75, 3.05) is 13.2 Å². The lowest BCUT2D eigenvalue weighted by Gasteiger charge is -2.18. The van der Waals surface area contributed by atoms with Crippen LogP contribution in [-0.2, 0) is 28.6 Å². The molecular formula is C64H112O6. The maximum Gasteiger partial charge on any atom is 0.306 e. The Morgan fingerprint density at radius 2 is 0.557 bits per heavy atom. The predicted octanol–water partition coefficient (Wildman–Crippen LogP) is 20.2. The van der Waals surface area contributed by atoms with Gasteiger partial charge < -0.3 is 14.2 Å². The Balaban J connectivity index is 4.41. The molecule has 0 aromatic heterocycles. The van der Waals surface area contributed by atoms with Gasteiger partial charge in [0.1, 0.15) is 13.2 Å². The minimum Gasteiger partial charge on any atom is -0.462 e. The topological polar surface area (TPSA) is 78.9 Å². The molecule has 70 heavy (non-hydrogen) atoms. The van der Waals surface area contributed by atoms with Crippen molar-refractivity contribution >= 4 is 17.9 Å². The molecule has 0 N–H and O–H groups in total. The van der Waals surface area contributed by atoms with Gasteiger partial charge in [-0.05, 0) is 109 Å². The molecule has 6 nitrogen and oxygen atoms in total. The van der Waals surface area contributed by atoms with Gasteiger partial charge in [0.25, 0.3) is 0 Å². The number of hydrogen-bond acceptors (Lipinski definition) is 6. The van der Waals surface area contributed by atoms with Crippen LogP contribution in [0, 0.1) is 0 Å². The number of hydrogen-bond donors (Lipinski definition) is 0. The fourth-order valence-electron chi connectivity index (χ4n) is 8.42.